The Morgan fingerprint density at radius 1 is 1.05 bits per heavy atom. The molecule has 0 saturated carbocycles. The summed E-state index contributed by atoms with van der Waals surface area (Å²) in [5, 5.41) is 6.69. The van der Waals surface area contributed by atoms with Gasteiger partial charge in [0.2, 0.25) is 0 Å². The number of halogens is 2. The molecule has 108 valence electrons. The standard InChI is InChI=1S/C12H7F2N3O3S/c13-7-2-1-3-8(6-7)17-21(18,19)10-5-4-9(14)11-12(10)16-20-15-11/h1-6,17H. The maximum atomic E-state index is 13.4. The zero-order valence-electron chi connectivity index (χ0n) is 10.2. The van der Waals surface area contributed by atoms with E-state index >= 15 is 0 Å². The van der Waals surface area contributed by atoms with E-state index in [0.29, 0.717) is 0 Å². The second kappa shape index (κ2) is 4.77. The molecule has 0 bridgehead atoms. The van der Waals surface area contributed by atoms with Crippen molar-refractivity contribution in [3.8, 4) is 0 Å². The molecule has 0 unspecified atom stereocenters. The van der Waals surface area contributed by atoms with Crippen molar-refractivity contribution in [1.29, 1.82) is 0 Å². The maximum Gasteiger partial charge on any atom is 0.264 e. The van der Waals surface area contributed by atoms with Crippen LogP contribution in [0.2, 0.25) is 0 Å². The van der Waals surface area contributed by atoms with Gasteiger partial charge in [-0.25, -0.2) is 21.8 Å². The molecule has 0 aliphatic carbocycles. The third-order valence-electron chi connectivity index (χ3n) is 2.70. The highest BCUT2D eigenvalue weighted by molar-refractivity contribution is 7.93. The average Bonchev–Trinajstić information content (AvgIpc) is 2.88. The van der Waals surface area contributed by atoms with Gasteiger partial charge in [-0.1, -0.05) is 6.07 Å². The predicted octanol–water partition coefficient (Wildman–Crippen LogP) is 2.30. The number of nitrogens with one attached hydrogen (secondary N) is 1. The van der Waals surface area contributed by atoms with Gasteiger partial charge in [0.15, 0.2) is 16.9 Å². The Balaban J connectivity index is 2.09. The van der Waals surface area contributed by atoms with Crippen LogP contribution >= 0.6 is 0 Å². The van der Waals surface area contributed by atoms with Gasteiger partial charge in [0.05, 0.1) is 5.69 Å². The fourth-order valence-corrected chi connectivity index (χ4v) is 2.98. The molecule has 0 amide bonds. The van der Waals surface area contributed by atoms with E-state index in [4.69, 9.17) is 0 Å². The molecule has 3 rings (SSSR count). The number of nitrogens with zero attached hydrogens (tertiary/aromatic N) is 2. The number of aromatic nitrogens is 2. The van der Waals surface area contributed by atoms with E-state index in [-0.39, 0.29) is 21.6 Å². The molecule has 3 aromatic rings. The van der Waals surface area contributed by atoms with E-state index in [1.165, 1.54) is 18.2 Å². The molecule has 1 N–H and O–H groups in total. The SMILES string of the molecule is O=S(=O)(Nc1cccc(F)c1)c1ccc(F)c2nonc12. The van der Waals surface area contributed by atoms with Crippen molar-refractivity contribution in [2.24, 2.45) is 0 Å². The van der Waals surface area contributed by atoms with E-state index in [0.717, 1.165) is 18.2 Å². The summed E-state index contributed by atoms with van der Waals surface area (Å²) >= 11 is 0. The van der Waals surface area contributed by atoms with Crippen LogP contribution in [0.3, 0.4) is 0 Å². The summed E-state index contributed by atoms with van der Waals surface area (Å²) in [7, 11) is -4.09. The van der Waals surface area contributed by atoms with Crippen LogP contribution in [-0.4, -0.2) is 18.7 Å². The quantitative estimate of drug-likeness (QED) is 0.802. The molecule has 0 spiro atoms. The average molecular weight is 311 g/mol. The first-order valence-electron chi connectivity index (χ1n) is 5.66. The van der Waals surface area contributed by atoms with Crippen molar-refractivity contribution < 1.29 is 21.8 Å². The Hall–Kier alpha value is -2.55. The van der Waals surface area contributed by atoms with Gasteiger partial charge in [-0.05, 0) is 40.6 Å². The molecule has 0 fully saturated rings. The van der Waals surface area contributed by atoms with E-state index < -0.39 is 21.7 Å². The highest BCUT2D eigenvalue weighted by Crippen LogP contribution is 2.24. The fraction of sp³-hybridized carbons (Fsp3) is 0. The van der Waals surface area contributed by atoms with E-state index in [1.54, 1.807) is 0 Å². The van der Waals surface area contributed by atoms with Crippen molar-refractivity contribution in [2.75, 3.05) is 4.72 Å². The summed E-state index contributed by atoms with van der Waals surface area (Å²) in [6.45, 7) is 0. The van der Waals surface area contributed by atoms with Gasteiger partial charge < -0.3 is 0 Å². The van der Waals surface area contributed by atoms with Gasteiger partial charge in [-0.2, -0.15) is 0 Å². The minimum atomic E-state index is -4.09. The van der Waals surface area contributed by atoms with Gasteiger partial charge in [-0.15, -0.1) is 0 Å². The lowest BCUT2D eigenvalue weighted by atomic mass is 10.3. The fourth-order valence-electron chi connectivity index (χ4n) is 1.79. The lowest BCUT2D eigenvalue weighted by Crippen LogP contribution is -2.13. The van der Waals surface area contributed by atoms with Crippen LogP contribution in [-0.2, 0) is 10.0 Å². The Morgan fingerprint density at radius 2 is 1.81 bits per heavy atom. The number of sulfonamides is 1. The Labute approximate surface area is 117 Å². The monoisotopic (exact) mass is 311 g/mol. The molecule has 0 aliphatic heterocycles. The molecule has 1 aromatic heterocycles. The summed E-state index contributed by atoms with van der Waals surface area (Å²) < 4.78 is 57.6. The van der Waals surface area contributed by atoms with Gasteiger partial charge in [-0.3, -0.25) is 4.72 Å². The predicted molar refractivity (Wildman–Crippen MR) is 69.0 cm³/mol. The summed E-state index contributed by atoms with van der Waals surface area (Å²) in [6.07, 6.45) is 0. The van der Waals surface area contributed by atoms with Gasteiger partial charge in [0.25, 0.3) is 10.0 Å². The van der Waals surface area contributed by atoms with Crippen molar-refractivity contribution in [3.63, 3.8) is 0 Å². The molecular weight excluding hydrogens is 304 g/mol. The van der Waals surface area contributed by atoms with Crippen LogP contribution in [0, 0.1) is 11.6 Å². The van der Waals surface area contributed by atoms with Crippen molar-refractivity contribution in [1.82, 2.24) is 10.3 Å². The Morgan fingerprint density at radius 3 is 2.57 bits per heavy atom. The largest absolute Gasteiger partial charge is 0.279 e. The molecule has 0 saturated heterocycles. The smallest absolute Gasteiger partial charge is 0.264 e. The first-order chi connectivity index (χ1) is 9.97. The van der Waals surface area contributed by atoms with Crippen LogP contribution in [0.5, 0.6) is 0 Å². The third-order valence-corrected chi connectivity index (χ3v) is 4.11. The lowest BCUT2D eigenvalue weighted by Gasteiger charge is -2.08. The maximum absolute atomic E-state index is 13.4. The lowest BCUT2D eigenvalue weighted by molar-refractivity contribution is 0.314. The van der Waals surface area contributed by atoms with Crippen molar-refractivity contribution in [3.05, 3.63) is 48.0 Å². The van der Waals surface area contributed by atoms with Gasteiger partial charge in [0, 0.05) is 0 Å². The van der Waals surface area contributed by atoms with Crippen LogP contribution in [0.15, 0.2) is 45.9 Å². The van der Waals surface area contributed by atoms with E-state index in [2.05, 4.69) is 19.7 Å². The summed E-state index contributed by atoms with van der Waals surface area (Å²) in [5.74, 6) is -1.35. The Kier molecular flexibility index (Phi) is 3.05. The van der Waals surface area contributed by atoms with Crippen LogP contribution in [0.1, 0.15) is 0 Å². The molecule has 1 heterocycles. The topological polar surface area (TPSA) is 85.1 Å². The molecule has 2 aromatic carbocycles. The number of anilines is 1. The summed E-state index contributed by atoms with van der Waals surface area (Å²) in [6, 6.07) is 6.89. The third kappa shape index (κ3) is 2.42. The Bertz CT molecular complexity index is 924. The van der Waals surface area contributed by atoms with Crippen molar-refractivity contribution in [2.45, 2.75) is 4.90 Å². The number of hydrogen-bond acceptors (Lipinski definition) is 5. The van der Waals surface area contributed by atoms with Gasteiger partial charge in [0.1, 0.15) is 10.7 Å². The summed E-state index contributed by atoms with van der Waals surface area (Å²) in [4.78, 5) is -0.315. The zero-order chi connectivity index (χ0) is 15.0. The first kappa shape index (κ1) is 13.4. The number of fused-ring (bicyclic) bond motifs is 1. The summed E-state index contributed by atoms with van der Waals surface area (Å²) in [5.41, 5.74) is -0.500. The second-order valence-corrected chi connectivity index (χ2v) is 5.77. The van der Waals surface area contributed by atoms with E-state index in [9.17, 15) is 17.2 Å². The minimum Gasteiger partial charge on any atom is -0.279 e. The molecular formula is C12H7F2N3O3S. The highest BCUT2D eigenvalue weighted by atomic mass is 32.2. The van der Waals surface area contributed by atoms with Gasteiger partial charge >= 0.3 is 0 Å². The first-order valence-corrected chi connectivity index (χ1v) is 7.15. The van der Waals surface area contributed by atoms with E-state index in [1.807, 2.05) is 0 Å². The van der Waals surface area contributed by atoms with Crippen molar-refractivity contribution >= 4 is 26.7 Å². The zero-order valence-corrected chi connectivity index (χ0v) is 11.1. The van der Waals surface area contributed by atoms with Crippen LogP contribution in [0.25, 0.3) is 11.0 Å². The normalized spacial score (nSPS) is 11.7. The molecule has 0 aliphatic rings. The number of benzene rings is 2. The molecule has 0 radical (unpaired) electrons. The highest BCUT2D eigenvalue weighted by Gasteiger charge is 2.22. The number of rotatable bonds is 3. The molecule has 21 heavy (non-hydrogen) atoms. The van der Waals surface area contributed by atoms with Crippen LogP contribution < -0.4 is 4.72 Å². The van der Waals surface area contributed by atoms with Crippen LogP contribution in [0.4, 0.5) is 14.5 Å². The molecule has 0 atom stereocenters. The minimum absolute atomic E-state index is 0.0314. The molecule has 6 nitrogen and oxygen atoms in total. The number of hydrogen-bond donors (Lipinski definition) is 1. The second-order valence-electron chi connectivity index (χ2n) is 4.12. The molecule has 9 heteroatoms.